The molecule has 0 aliphatic carbocycles. The molecule has 0 heterocycles. The van der Waals surface area contributed by atoms with Crippen LogP contribution in [0, 0.1) is 0 Å². The Bertz CT molecular complexity index is 743. The first kappa shape index (κ1) is 20.0. The first-order valence-electron chi connectivity index (χ1n) is 9.70. The molecule has 1 unspecified atom stereocenters. The first-order valence-corrected chi connectivity index (χ1v) is 9.70. The highest BCUT2D eigenvalue weighted by Gasteiger charge is 2.16. The average molecular weight is 350 g/mol. The summed E-state index contributed by atoms with van der Waals surface area (Å²) >= 11 is 0. The van der Waals surface area contributed by atoms with Crippen molar-refractivity contribution in [2.75, 3.05) is 13.1 Å². The number of carbonyl (C=O) groups is 1. The molecule has 0 aliphatic heterocycles. The number of nitrogens with zero attached hydrogens (tertiary/aromatic N) is 1. The molecule has 1 atom stereocenters. The van der Waals surface area contributed by atoms with E-state index >= 15 is 0 Å². The van der Waals surface area contributed by atoms with Gasteiger partial charge in [-0.05, 0) is 62.3 Å². The minimum absolute atomic E-state index is 0.147. The van der Waals surface area contributed by atoms with Gasteiger partial charge >= 0.3 is 0 Å². The Balaban J connectivity index is 2.12. The fourth-order valence-electron chi connectivity index (χ4n) is 3.33. The third kappa shape index (κ3) is 5.08. The Morgan fingerprint density at radius 1 is 1.08 bits per heavy atom. The van der Waals surface area contributed by atoms with Crippen molar-refractivity contribution in [1.29, 1.82) is 0 Å². The average Bonchev–Trinajstić information content (AvgIpc) is 2.67. The predicted molar refractivity (Wildman–Crippen MR) is 112 cm³/mol. The quantitative estimate of drug-likeness (QED) is 0.577. The topological polar surface area (TPSA) is 20.3 Å². The highest BCUT2D eigenvalue weighted by molar-refractivity contribution is 5.95. The first-order chi connectivity index (χ1) is 12.6. The van der Waals surface area contributed by atoms with Gasteiger partial charge in [0.05, 0.1) is 0 Å². The molecule has 2 heteroatoms. The molecule has 26 heavy (non-hydrogen) atoms. The van der Waals surface area contributed by atoms with E-state index in [1.165, 1.54) is 11.1 Å². The third-order valence-corrected chi connectivity index (χ3v) is 4.98. The van der Waals surface area contributed by atoms with Crippen molar-refractivity contribution < 1.29 is 4.79 Å². The van der Waals surface area contributed by atoms with E-state index in [1.54, 1.807) is 0 Å². The zero-order valence-electron chi connectivity index (χ0n) is 16.5. The molecule has 2 rings (SSSR count). The second-order valence-corrected chi connectivity index (χ2v) is 6.74. The number of rotatable bonds is 8. The van der Waals surface area contributed by atoms with Gasteiger partial charge in [-0.15, -0.1) is 0 Å². The van der Waals surface area contributed by atoms with Gasteiger partial charge in [-0.2, -0.15) is 0 Å². The molecule has 0 spiro atoms. The summed E-state index contributed by atoms with van der Waals surface area (Å²) in [6.07, 6.45) is 6.15. The molecule has 0 radical (unpaired) electrons. The standard InChI is InChI=1S/C24H31NO/c1-5-11-20-12-10-14-22(18-20)19(4)16-17-21-13-8-9-15-23(21)24(26)25(6-2)7-3/h5,8-15,18-19H,6-7,16-17H2,1-4H3/b11-5+. The number of hydrogen-bond donors (Lipinski definition) is 0. The van der Waals surface area contributed by atoms with Crippen molar-refractivity contribution in [3.05, 3.63) is 76.9 Å². The molecular formula is C24H31NO. The number of carbonyl (C=O) groups excluding carboxylic acids is 1. The van der Waals surface area contributed by atoms with E-state index in [0.29, 0.717) is 5.92 Å². The summed E-state index contributed by atoms with van der Waals surface area (Å²) in [5.74, 6) is 0.602. The maximum absolute atomic E-state index is 12.8. The van der Waals surface area contributed by atoms with Crippen molar-refractivity contribution in [2.24, 2.45) is 0 Å². The van der Waals surface area contributed by atoms with Crippen LogP contribution >= 0.6 is 0 Å². The summed E-state index contributed by atoms with van der Waals surface area (Å²) in [7, 11) is 0. The number of benzene rings is 2. The maximum Gasteiger partial charge on any atom is 0.254 e. The molecule has 1 amide bonds. The minimum atomic E-state index is 0.147. The zero-order chi connectivity index (χ0) is 18.9. The lowest BCUT2D eigenvalue weighted by atomic mass is 9.91. The molecule has 2 aromatic rings. The van der Waals surface area contributed by atoms with Gasteiger partial charge in [0.25, 0.3) is 5.91 Å². The molecule has 0 saturated carbocycles. The maximum atomic E-state index is 12.8. The van der Waals surface area contributed by atoms with Gasteiger partial charge in [0, 0.05) is 18.7 Å². The Morgan fingerprint density at radius 3 is 2.50 bits per heavy atom. The van der Waals surface area contributed by atoms with Gasteiger partial charge in [-0.1, -0.05) is 61.5 Å². The van der Waals surface area contributed by atoms with E-state index in [4.69, 9.17) is 0 Å². The molecule has 0 N–H and O–H groups in total. The summed E-state index contributed by atoms with van der Waals surface area (Å²) in [5, 5.41) is 0. The van der Waals surface area contributed by atoms with Crippen molar-refractivity contribution in [3.8, 4) is 0 Å². The monoisotopic (exact) mass is 349 g/mol. The van der Waals surface area contributed by atoms with E-state index in [1.807, 2.05) is 43.9 Å². The number of allylic oxidation sites excluding steroid dienone is 1. The fourth-order valence-corrected chi connectivity index (χ4v) is 3.33. The van der Waals surface area contributed by atoms with Crippen LogP contribution in [-0.4, -0.2) is 23.9 Å². The summed E-state index contributed by atoms with van der Waals surface area (Å²) in [6.45, 7) is 9.87. The van der Waals surface area contributed by atoms with Crippen LogP contribution in [0.4, 0.5) is 0 Å². The Labute approximate surface area is 158 Å². The van der Waals surface area contributed by atoms with Crippen molar-refractivity contribution >= 4 is 12.0 Å². The molecule has 0 saturated heterocycles. The lowest BCUT2D eigenvalue weighted by Crippen LogP contribution is -2.31. The number of amides is 1. The van der Waals surface area contributed by atoms with Gasteiger partial charge in [0.2, 0.25) is 0 Å². The number of hydrogen-bond acceptors (Lipinski definition) is 1. The summed E-state index contributed by atoms with van der Waals surface area (Å²) in [6, 6.07) is 16.8. The van der Waals surface area contributed by atoms with Crippen molar-refractivity contribution in [2.45, 2.75) is 46.5 Å². The largest absolute Gasteiger partial charge is 0.339 e. The second kappa shape index (κ2) is 9.96. The van der Waals surface area contributed by atoms with E-state index < -0.39 is 0 Å². The molecule has 138 valence electrons. The molecule has 0 aromatic heterocycles. The van der Waals surface area contributed by atoms with Gasteiger partial charge < -0.3 is 4.90 Å². The van der Waals surface area contributed by atoms with E-state index in [2.05, 4.69) is 49.4 Å². The molecule has 0 bridgehead atoms. The van der Waals surface area contributed by atoms with Gasteiger partial charge in [0.15, 0.2) is 0 Å². The summed E-state index contributed by atoms with van der Waals surface area (Å²) < 4.78 is 0. The Kier molecular flexibility index (Phi) is 7.65. The normalized spacial score (nSPS) is 12.3. The lowest BCUT2D eigenvalue weighted by molar-refractivity contribution is 0.0772. The molecular weight excluding hydrogens is 318 g/mol. The van der Waals surface area contributed by atoms with E-state index in [-0.39, 0.29) is 5.91 Å². The van der Waals surface area contributed by atoms with Crippen LogP contribution in [0.15, 0.2) is 54.6 Å². The third-order valence-electron chi connectivity index (χ3n) is 4.98. The van der Waals surface area contributed by atoms with Crippen molar-refractivity contribution in [3.63, 3.8) is 0 Å². The summed E-state index contributed by atoms with van der Waals surface area (Å²) in [5.41, 5.74) is 4.61. The second-order valence-electron chi connectivity index (χ2n) is 6.74. The molecule has 2 aromatic carbocycles. The van der Waals surface area contributed by atoms with Crippen LogP contribution in [-0.2, 0) is 6.42 Å². The Hall–Kier alpha value is -2.35. The fraction of sp³-hybridized carbons (Fsp3) is 0.375. The summed E-state index contributed by atoms with van der Waals surface area (Å²) in [4.78, 5) is 14.7. The van der Waals surface area contributed by atoms with Crippen LogP contribution in [0.2, 0.25) is 0 Å². The lowest BCUT2D eigenvalue weighted by Gasteiger charge is -2.21. The van der Waals surface area contributed by atoms with Crippen molar-refractivity contribution in [1.82, 2.24) is 4.90 Å². The van der Waals surface area contributed by atoms with Gasteiger partial charge in [-0.3, -0.25) is 4.79 Å². The highest BCUT2D eigenvalue weighted by Crippen LogP contribution is 2.24. The highest BCUT2D eigenvalue weighted by atomic mass is 16.2. The minimum Gasteiger partial charge on any atom is -0.339 e. The van der Waals surface area contributed by atoms with E-state index in [9.17, 15) is 4.79 Å². The van der Waals surface area contributed by atoms with Gasteiger partial charge in [-0.25, -0.2) is 0 Å². The predicted octanol–water partition coefficient (Wildman–Crippen LogP) is 5.94. The molecule has 0 fully saturated rings. The van der Waals surface area contributed by atoms with Crippen LogP contribution in [0.1, 0.15) is 67.1 Å². The SMILES string of the molecule is C/C=C/c1cccc(C(C)CCc2ccccc2C(=O)N(CC)CC)c1. The van der Waals surface area contributed by atoms with Gasteiger partial charge in [0.1, 0.15) is 0 Å². The molecule has 2 nitrogen and oxygen atoms in total. The van der Waals surface area contributed by atoms with Crippen LogP contribution in [0.25, 0.3) is 6.08 Å². The molecule has 0 aliphatic rings. The number of aryl methyl sites for hydroxylation is 1. The van der Waals surface area contributed by atoms with Crippen LogP contribution in [0.5, 0.6) is 0 Å². The van der Waals surface area contributed by atoms with Crippen LogP contribution in [0.3, 0.4) is 0 Å². The Morgan fingerprint density at radius 2 is 1.81 bits per heavy atom. The van der Waals surface area contributed by atoms with E-state index in [0.717, 1.165) is 37.1 Å². The smallest absolute Gasteiger partial charge is 0.254 e. The van der Waals surface area contributed by atoms with Crippen LogP contribution < -0.4 is 0 Å². The zero-order valence-corrected chi connectivity index (χ0v) is 16.5.